The summed E-state index contributed by atoms with van der Waals surface area (Å²) in [6.45, 7) is 7.59. The van der Waals surface area contributed by atoms with Crippen LogP contribution in [0, 0.1) is 13.8 Å². The van der Waals surface area contributed by atoms with Crippen LogP contribution in [0.15, 0.2) is 46.2 Å². The van der Waals surface area contributed by atoms with Crippen molar-refractivity contribution in [2.45, 2.75) is 78.0 Å². The molecule has 0 unspecified atom stereocenters. The van der Waals surface area contributed by atoms with E-state index in [0.717, 1.165) is 10.6 Å². The van der Waals surface area contributed by atoms with Crippen LogP contribution in [0.3, 0.4) is 0 Å². The van der Waals surface area contributed by atoms with Crippen LogP contribution in [0.4, 0.5) is 0 Å². The zero-order valence-corrected chi connectivity index (χ0v) is 30.5. The van der Waals surface area contributed by atoms with Crippen molar-refractivity contribution < 1.29 is 38.2 Å². The minimum atomic E-state index is -0.947. The summed E-state index contributed by atoms with van der Waals surface area (Å²) in [4.78, 5) is 66.7. The molecule has 0 spiro atoms. The van der Waals surface area contributed by atoms with Crippen molar-refractivity contribution in [2.75, 3.05) is 20.2 Å². The Balaban J connectivity index is 1.30. The molecule has 14 nitrogen and oxygen atoms in total. The number of aromatic hydroxyl groups is 1. The number of methoxy groups -OCH3 is 1. The third-order valence-electron chi connectivity index (χ3n) is 9.33. The predicted octanol–water partition coefficient (Wildman–Crippen LogP) is 4.05. The Kier molecular flexibility index (Phi) is 10.8. The maximum absolute atomic E-state index is 14.0. The van der Waals surface area contributed by atoms with Gasteiger partial charge in [-0.05, 0) is 76.4 Å². The largest absolute Gasteiger partial charge is 0.504 e. The van der Waals surface area contributed by atoms with Crippen LogP contribution in [0.25, 0.3) is 11.5 Å². The van der Waals surface area contributed by atoms with E-state index < -0.39 is 29.9 Å². The number of phenols is 1. The van der Waals surface area contributed by atoms with Crippen LogP contribution in [0.5, 0.6) is 23.0 Å². The molecule has 2 aromatic heterocycles. The van der Waals surface area contributed by atoms with Crippen LogP contribution in [-0.4, -0.2) is 86.8 Å². The SMILES string of the molecule is CCN(C(=O)Cc1csc(C)n1)[C@H]1C[C@H]2C(=O)NCc3nc(oc3C)-c3ccc(c(OC)c3)Oc3cc(ccc3O)CCC(=O)N[C@H](C)C(=O)N2C1. The number of carbonyl (C=O) groups excluding carboxylic acids is 4. The molecule has 6 bridgehead atoms. The normalized spacial score (nSPS) is 19.5. The van der Waals surface area contributed by atoms with Crippen molar-refractivity contribution in [2.24, 2.45) is 0 Å². The lowest BCUT2D eigenvalue weighted by Gasteiger charge is -2.29. The Morgan fingerprint density at radius 1 is 1.12 bits per heavy atom. The summed E-state index contributed by atoms with van der Waals surface area (Å²) >= 11 is 1.47. The van der Waals surface area contributed by atoms with Crippen molar-refractivity contribution in [3.63, 3.8) is 0 Å². The molecule has 15 heteroatoms. The van der Waals surface area contributed by atoms with Gasteiger partial charge in [0.2, 0.25) is 29.5 Å². The second-order valence-corrected chi connectivity index (χ2v) is 14.0. The van der Waals surface area contributed by atoms with Gasteiger partial charge in [0.25, 0.3) is 0 Å². The molecule has 0 saturated carbocycles. The van der Waals surface area contributed by atoms with Crippen molar-refractivity contribution in [3.8, 4) is 34.5 Å². The average molecular weight is 731 g/mol. The van der Waals surface area contributed by atoms with E-state index in [1.165, 1.54) is 29.4 Å². The lowest BCUT2D eigenvalue weighted by atomic mass is 10.1. The number of oxazole rings is 1. The number of nitrogens with zero attached hydrogens (tertiary/aromatic N) is 4. The number of phenolic OH excluding ortho intramolecular Hbond substituents is 1. The number of nitrogens with one attached hydrogen (secondary N) is 2. The maximum Gasteiger partial charge on any atom is 0.245 e. The fourth-order valence-electron chi connectivity index (χ4n) is 6.60. The smallest absolute Gasteiger partial charge is 0.245 e. The number of hydrogen-bond donors (Lipinski definition) is 3. The average Bonchev–Trinajstić information content (AvgIpc) is 3.85. The quantitative estimate of drug-likeness (QED) is 0.272. The molecule has 3 atom stereocenters. The van der Waals surface area contributed by atoms with Crippen molar-refractivity contribution in [1.82, 2.24) is 30.4 Å². The highest BCUT2D eigenvalue weighted by Crippen LogP contribution is 2.39. The van der Waals surface area contributed by atoms with E-state index in [9.17, 15) is 24.3 Å². The summed E-state index contributed by atoms with van der Waals surface area (Å²) in [5.41, 5.74) is 2.48. The van der Waals surface area contributed by atoms with Crippen LogP contribution >= 0.6 is 11.3 Å². The number of amides is 4. The van der Waals surface area contributed by atoms with Crippen LogP contribution < -0.4 is 20.1 Å². The van der Waals surface area contributed by atoms with Crippen LogP contribution in [0.1, 0.15) is 54.4 Å². The summed E-state index contributed by atoms with van der Waals surface area (Å²) in [6.07, 6.45) is 0.683. The first-order valence-electron chi connectivity index (χ1n) is 17.2. The van der Waals surface area contributed by atoms with Gasteiger partial charge in [-0.2, -0.15) is 0 Å². The summed E-state index contributed by atoms with van der Waals surface area (Å²) in [5, 5.41) is 19.0. The molecular formula is C37H42N6O8S. The Labute approximate surface area is 305 Å². The Hall–Kier alpha value is -5.44. The van der Waals surface area contributed by atoms with Gasteiger partial charge < -0.3 is 39.4 Å². The molecule has 3 N–H and O–H groups in total. The zero-order valence-electron chi connectivity index (χ0n) is 29.7. The van der Waals surface area contributed by atoms with Crippen molar-refractivity contribution in [1.29, 1.82) is 0 Å². The second kappa shape index (κ2) is 15.4. The van der Waals surface area contributed by atoms with E-state index in [4.69, 9.17) is 13.9 Å². The standard InChI is InChI=1S/C37H42N6O8S/c1-6-42(34(46)15-25-19-52-22(4)40-25)26-16-28-35(47)38-17-27-21(3)50-36(41-27)24-9-11-30(32(14-24)49-5)51-31-13-23(7-10-29(31)44)8-12-33(45)39-20(2)37(48)43(28)18-26/h7,9-11,13-14,19-20,26,28,44H,6,8,12,15-18H2,1-5H3,(H,38,47)(H,39,45)/t20-,26+,28+/m1/s1. The van der Waals surface area contributed by atoms with E-state index >= 15 is 0 Å². The number of aromatic nitrogens is 2. The molecule has 7 rings (SSSR count). The van der Waals surface area contributed by atoms with Gasteiger partial charge >= 0.3 is 0 Å². The van der Waals surface area contributed by atoms with Crippen molar-refractivity contribution in [3.05, 3.63) is 69.5 Å². The number of carbonyl (C=O) groups is 4. The molecule has 0 radical (unpaired) electrons. The number of ether oxygens (including phenoxy) is 2. The highest BCUT2D eigenvalue weighted by atomic mass is 32.1. The molecule has 52 heavy (non-hydrogen) atoms. The topological polar surface area (TPSA) is 176 Å². The second-order valence-electron chi connectivity index (χ2n) is 12.9. The van der Waals surface area contributed by atoms with Gasteiger partial charge in [0.1, 0.15) is 23.5 Å². The Morgan fingerprint density at radius 3 is 2.65 bits per heavy atom. The molecule has 3 aliphatic heterocycles. The molecule has 4 amide bonds. The number of likely N-dealkylation sites (N-methyl/N-ethyl adjacent to an activating group) is 1. The number of hydrogen-bond acceptors (Lipinski definition) is 11. The van der Waals surface area contributed by atoms with Gasteiger partial charge in [0, 0.05) is 30.5 Å². The van der Waals surface area contributed by atoms with Crippen molar-refractivity contribution >= 4 is 35.0 Å². The third-order valence-corrected chi connectivity index (χ3v) is 10.2. The van der Waals surface area contributed by atoms with Gasteiger partial charge in [-0.25, -0.2) is 9.97 Å². The van der Waals surface area contributed by atoms with E-state index in [1.54, 1.807) is 49.1 Å². The summed E-state index contributed by atoms with van der Waals surface area (Å²) in [7, 11) is 1.49. The predicted molar refractivity (Wildman–Crippen MR) is 191 cm³/mol. The minimum Gasteiger partial charge on any atom is -0.504 e. The van der Waals surface area contributed by atoms with E-state index in [-0.39, 0.29) is 55.7 Å². The van der Waals surface area contributed by atoms with Gasteiger partial charge in [0.05, 0.1) is 36.8 Å². The van der Waals surface area contributed by atoms with Gasteiger partial charge in [-0.1, -0.05) is 6.07 Å². The lowest BCUT2D eigenvalue weighted by molar-refractivity contribution is -0.141. The molecule has 274 valence electrons. The molecule has 3 aliphatic rings. The highest BCUT2D eigenvalue weighted by Gasteiger charge is 2.44. The number of fused-ring (bicyclic) bond motifs is 9. The van der Waals surface area contributed by atoms with Gasteiger partial charge in [-0.3, -0.25) is 19.2 Å². The summed E-state index contributed by atoms with van der Waals surface area (Å²) < 4.78 is 17.6. The number of benzene rings is 2. The number of thiazole rings is 1. The van der Waals surface area contributed by atoms with E-state index in [1.807, 2.05) is 19.2 Å². The lowest BCUT2D eigenvalue weighted by Crippen LogP contribution is -2.52. The summed E-state index contributed by atoms with van der Waals surface area (Å²) in [5.74, 6) is 0.214. The number of rotatable bonds is 5. The molecule has 0 aliphatic carbocycles. The van der Waals surface area contributed by atoms with Crippen LogP contribution in [-0.2, 0) is 38.6 Å². The molecular weight excluding hydrogens is 689 g/mol. The van der Waals surface area contributed by atoms with Gasteiger partial charge in [-0.15, -0.1) is 11.3 Å². The van der Waals surface area contributed by atoms with E-state index in [2.05, 4.69) is 20.6 Å². The molecule has 1 saturated heterocycles. The fraction of sp³-hybridized carbons (Fsp3) is 0.405. The van der Waals surface area contributed by atoms with Gasteiger partial charge in [0.15, 0.2) is 23.0 Å². The minimum absolute atomic E-state index is 0.0250. The highest BCUT2D eigenvalue weighted by molar-refractivity contribution is 7.09. The van der Waals surface area contributed by atoms with E-state index in [0.29, 0.717) is 53.1 Å². The number of aryl methyl sites for hydroxylation is 3. The third kappa shape index (κ3) is 7.88. The monoisotopic (exact) mass is 730 g/mol. The maximum atomic E-state index is 14.0. The Morgan fingerprint density at radius 2 is 1.92 bits per heavy atom. The summed E-state index contributed by atoms with van der Waals surface area (Å²) in [6, 6.07) is 7.64. The first-order chi connectivity index (χ1) is 24.9. The fourth-order valence-corrected chi connectivity index (χ4v) is 7.21. The van der Waals surface area contributed by atoms with Crippen LogP contribution in [0.2, 0.25) is 0 Å². The molecule has 2 aromatic carbocycles. The first kappa shape index (κ1) is 36.4. The first-order valence-corrected chi connectivity index (χ1v) is 18.0. The molecule has 5 heterocycles. The molecule has 4 aromatic rings. The Bertz CT molecular complexity index is 1990. The zero-order chi connectivity index (χ0) is 37.1. The molecule has 1 fully saturated rings.